The molecule has 1 atom stereocenters. The van der Waals surface area contributed by atoms with Crippen LogP contribution < -0.4 is 10.9 Å². The normalized spacial score (nSPS) is 17.2. The molecule has 1 amide bonds. The highest BCUT2D eigenvalue weighted by atomic mass is 19.1. The van der Waals surface area contributed by atoms with Crippen LogP contribution in [0.25, 0.3) is 10.9 Å². The first-order chi connectivity index (χ1) is 11.6. The monoisotopic (exact) mass is 323 g/mol. The Bertz CT molecular complexity index is 1010. The zero-order valence-electron chi connectivity index (χ0n) is 12.7. The topological polar surface area (TPSA) is 64.0 Å². The molecular weight excluding hydrogens is 309 g/mol. The number of fused-ring (bicyclic) bond motifs is 2. The van der Waals surface area contributed by atoms with Crippen molar-refractivity contribution in [3.05, 3.63) is 70.5 Å². The van der Waals surface area contributed by atoms with Crippen molar-refractivity contribution in [2.45, 2.75) is 18.9 Å². The standard InChI is InChI=1S/C18H14FN3O2/c19-12-6-7-13-15(9-12)20-10-22(18(13)24)16-8-5-11-3-1-2-4-14(11)21-17(16)23/h1-4,6-7,9-10,16H,5,8H2,(H,21,23). The van der Waals surface area contributed by atoms with E-state index in [1.165, 1.54) is 29.1 Å². The molecule has 24 heavy (non-hydrogen) atoms. The van der Waals surface area contributed by atoms with Crippen LogP contribution in [0.5, 0.6) is 0 Å². The van der Waals surface area contributed by atoms with Crippen LogP contribution in [-0.4, -0.2) is 15.5 Å². The summed E-state index contributed by atoms with van der Waals surface area (Å²) in [5.41, 5.74) is 1.76. The van der Waals surface area contributed by atoms with Gasteiger partial charge in [0.05, 0.1) is 17.2 Å². The minimum atomic E-state index is -0.646. The maximum atomic E-state index is 13.3. The highest BCUT2D eigenvalue weighted by Gasteiger charge is 2.26. The van der Waals surface area contributed by atoms with E-state index in [0.29, 0.717) is 18.2 Å². The lowest BCUT2D eigenvalue weighted by atomic mass is 10.1. The van der Waals surface area contributed by atoms with Crippen LogP contribution >= 0.6 is 0 Å². The lowest BCUT2D eigenvalue weighted by Gasteiger charge is -2.16. The van der Waals surface area contributed by atoms with Gasteiger partial charge < -0.3 is 5.32 Å². The highest BCUT2D eigenvalue weighted by Crippen LogP contribution is 2.26. The van der Waals surface area contributed by atoms with Gasteiger partial charge in [-0.15, -0.1) is 0 Å². The number of rotatable bonds is 1. The van der Waals surface area contributed by atoms with Crippen LogP contribution in [0.2, 0.25) is 0 Å². The van der Waals surface area contributed by atoms with Crippen LogP contribution in [0, 0.1) is 5.82 Å². The lowest BCUT2D eigenvalue weighted by Crippen LogP contribution is -2.33. The molecule has 4 rings (SSSR count). The van der Waals surface area contributed by atoms with Gasteiger partial charge in [-0.05, 0) is 36.6 Å². The third-order valence-corrected chi connectivity index (χ3v) is 4.35. The molecule has 0 fully saturated rings. The molecule has 2 heterocycles. The molecule has 0 saturated carbocycles. The number of hydrogen-bond acceptors (Lipinski definition) is 3. The Balaban J connectivity index is 1.78. The summed E-state index contributed by atoms with van der Waals surface area (Å²) >= 11 is 0. The van der Waals surface area contributed by atoms with Crippen molar-refractivity contribution in [2.75, 3.05) is 5.32 Å². The van der Waals surface area contributed by atoms with Gasteiger partial charge in [-0.2, -0.15) is 0 Å². The Morgan fingerprint density at radius 2 is 2.00 bits per heavy atom. The average Bonchev–Trinajstić information content (AvgIpc) is 2.74. The largest absolute Gasteiger partial charge is 0.324 e. The second-order valence-corrected chi connectivity index (χ2v) is 5.82. The second kappa shape index (κ2) is 5.56. The Hall–Kier alpha value is -3.02. The molecule has 1 N–H and O–H groups in total. The van der Waals surface area contributed by atoms with Gasteiger partial charge in [-0.3, -0.25) is 14.2 Å². The van der Waals surface area contributed by atoms with Crippen molar-refractivity contribution < 1.29 is 9.18 Å². The van der Waals surface area contributed by atoms with Crippen LogP contribution in [0.1, 0.15) is 18.0 Å². The molecule has 0 saturated heterocycles. The van der Waals surface area contributed by atoms with Gasteiger partial charge >= 0.3 is 0 Å². The van der Waals surface area contributed by atoms with E-state index in [1.807, 2.05) is 24.3 Å². The fourth-order valence-corrected chi connectivity index (χ4v) is 3.10. The smallest absolute Gasteiger partial charge is 0.261 e. The molecule has 0 spiro atoms. The number of amides is 1. The van der Waals surface area contributed by atoms with Crippen LogP contribution in [0.4, 0.5) is 10.1 Å². The summed E-state index contributed by atoms with van der Waals surface area (Å²) in [6, 6.07) is 10.8. The molecule has 2 aromatic carbocycles. The molecule has 0 bridgehead atoms. The minimum Gasteiger partial charge on any atom is -0.324 e. The summed E-state index contributed by atoms with van der Waals surface area (Å²) in [7, 11) is 0. The molecule has 0 aliphatic carbocycles. The van der Waals surface area contributed by atoms with Crippen molar-refractivity contribution in [1.82, 2.24) is 9.55 Å². The quantitative estimate of drug-likeness (QED) is 0.749. The van der Waals surface area contributed by atoms with Crippen molar-refractivity contribution in [1.29, 1.82) is 0 Å². The number of benzene rings is 2. The number of aromatic nitrogens is 2. The molecule has 1 unspecified atom stereocenters. The van der Waals surface area contributed by atoms with Gasteiger partial charge in [0.25, 0.3) is 5.56 Å². The number of nitrogens with one attached hydrogen (secondary N) is 1. The number of halogens is 1. The summed E-state index contributed by atoms with van der Waals surface area (Å²) in [6.45, 7) is 0. The van der Waals surface area contributed by atoms with E-state index in [9.17, 15) is 14.0 Å². The van der Waals surface area contributed by atoms with Crippen molar-refractivity contribution in [3.8, 4) is 0 Å². The molecule has 3 aromatic rings. The Kier molecular flexibility index (Phi) is 3.37. The maximum Gasteiger partial charge on any atom is 0.261 e. The summed E-state index contributed by atoms with van der Waals surface area (Å²) < 4.78 is 14.6. The number of anilines is 1. The van der Waals surface area contributed by atoms with E-state index in [4.69, 9.17) is 0 Å². The van der Waals surface area contributed by atoms with Gasteiger partial charge in [0.15, 0.2) is 0 Å². The first-order valence-corrected chi connectivity index (χ1v) is 7.68. The number of nitrogens with zero attached hydrogens (tertiary/aromatic N) is 2. The van der Waals surface area contributed by atoms with E-state index in [2.05, 4.69) is 10.3 Å². The van der Waals surface area contributed by atoms with Gasteiger partial charge in [-0.25, -0.2) is 9.37 Å². The molecule has 0 radical (unpaired) electrons. The van der Waals surface area contributed by atoms with Crippen molar-refractivity contribution >= 4 is 22.5 Å². The first-order valence-electron chi connectivity index (χ1n) is 7.68. The van der Waals surface area contributed by atoms with Crippen molar-refractivity contribution in [2.24, 2.45) is 0 Å². The van der Waals surface area contributed by atoms with Gasteiger partial charge in [-0.1, -0.05) is 18.2 Å². The third kappa shape index (κ3) is 2.36. The van der Waals surface area contributed by atoms with Crippen LogP contribution in [0.15, 0.2) is 53.6 Å². The molecule has 6 heteroatoms. The van der Waals surface area contributed by atoms with E-state index in [-0.39, 0.29) is 17.0 Å². The van der Waals surface area contributed by atoms with E-state index in [1.54, 1.807) is 0 Å². The van der Waals surface area contributed by atoms with Gasteiger partial charge in [0.2, 0.25) is 5.91 Å². The predicted molar refractivity (Wildman–Crippen MR) is 88.4 cm³/mol. The molecule has 1 aliphatic rings. The molecule has 1 aromatic heterocycles. The number of aryl methyl sites for hydroxylation is 1. The fraction of sp³-hybridized carbons (Fsp3) is 0.167. The highest BCUT2D eigenvalue weighted by molar-refractivity contribution is 5.95. The number of hydrogen-bond donors (Lipinski definition) is 1. The zero-order valence-corrected chi connectivity index (χ0v) is 12.7. The summed E-state index contributed by atoms with van der Waals surface area (Å²) in [6.07, 6.45) is 2.49. The Labute approximate surface area is 136 Å². The molecular formula is C18H14FN3O2. The van der Waals surface area contributed by atoms with Gasteiger partial charge in [0, 0.05) is 11.8 Å². The number of carbonyl (C=O) groups is 1. The fourth-order valence-electron chi connectivity index (χ4n) is 3.10. The summed E-state index contributed by atoms with van der Waals surface area (Å²) in [5.74, 6) is -0.694. The van der Waals surface area contributed by atoms with Crippen LogP contribution in [0.3, 0.4) is 0 Å². The number of para-hydroxylation sites is 1. The van der Waals surface area contributed by atoms with E-state index in [0.717, 1.165) is 11.3 Å². The summed E-state index contributed by atoms with van der Waals surface area (Å²) in [5, 5.41) is 3.17. The lowest BCUT2D eigenvalue weighted by molar-refractivity contribution is -0.119. The maximum absolute atomic E-state index is 13.3. The Morgan fingerprint density at radius 3 is 2.88 bits per heavy atom. The average molecular weight is 323 g/mol. The summed E-state index contributed by atoms with van der Waals surface area (Å²) in [4.78, 5) is 29.4. The predicted octanol–water partition coefficient (Wildman–Crippen LogP) is 2.66. The van der Waals surface area contributed by atoms with Crippen LogP contribution in [-0.2, 0) is 11.2 Å². The van der Waals surface area contributed by atoms with Gasteiger partial charge in [0.1, 0.15) is 11.9 Å². The SMILES string of the molecule is O=C1Nc2ccccc2CCC1n1cnc2cc(F)ccc2c1=O. The molecule has 1 aliphatic heterocycles. The Morgan fingerprint density at radius 1 is 1.17 bits per heavy atom. The first kappa shape index (κ1) is 14.6. The van der Waals surface area contributed by atoms with E-state index < -0.39 is 11.9 Å². The number of carbonyl (C=O) groups excluding carboxylic acids is 1. The molecule has 5 nitrogen and oxygen atoms in total. The van der Waals surface area contributed by atoms with E-state index >= 15 is 0 Å². The van der Waals surface area contributed by atoms with Crippen molar-refractivity contribution in [3.63, 3.8) is 0 Å². The molecule has 120 valence electrons. The second-order valence-electron chi connectivity index (χ2n) is 5.82. The minimum absolute atomic E-state index is 0.245. The zero-order chi connectivity index (χ0) is 16.7. The third-order valence-electron chi connectivity index (χ3n) is 4.35.